The number of carbonyl (C=O) groups excluding carboxylic acids is 1. The third-order valence-corrected chi connectivity index (χ3v) is 6.14. The molecule has 3 fully saturated rings. The third kappa shape index (κ3) is 3.89. The molecule has 2 atom stereocenters. The zero-order chi connectivity index (χ0) is 18.3. The van der Waals surface area contributed by atoms with Crippen molar-refractivity contribution in [3.63, 3.8) is 0 Å². The maximum Gasteiger partial charge on any atom is 0.318 e. The number of urea groups is 1. The topological polar surface area (TPSA) is 82.8 Å². The van der Waals surface area contributed by atoms with Gasteiger partial charge in [-0.05, 0) is 63.0 Å². The first-order valence-corrected chi connectivity index (χ1v) is 9.90. The number of rotatable bonds is 6. The van der Waals surface area contributed by atoms with E-state index in [1.54, 1.807) is 0 Å². The highest BCUT2D eigenvalue weighted by atomic mass is 16.4. The average Bonchev–Trinajstić information content (AvgIpc) is 3.53. The molecule has 0 aromatic carbocycles. The lowest BCUT2D eigenvalue weighted by atomic mass is 9.86. The van der Waals surface area contributed by atoms with E-state index in [2.05, 4.69) is 18.3 Å². The molecule has 3 aliphatic carbocycles. The lowest BCUT2D eigenvalue weighted by Gasteiger charge is -2.30. The number of nitrogens with one attached hydrogen (secondary N) is 1. The van der Waals surface area contributed by atoms with Gasteiger partial charge in [0.2, 0.25) is 0 Å². The first-order chi connectivity index (χ1) is 12.5. The van der Waals surface area contributed by atoms with Crippen LogP contribution in [0.15, 0.2) is 16.5 Å². The summed E-state index contributed by atoms with van der Waals surface area (Å²) in [6.45, 7) is 2.75. The zero-order valence-corrected chi connectivity index (χ0v) is 15.3. The number of furan rings is 1. The Kier molecular flexibility index (Phi) is 4.67. The molecule has 0 aliphatic heterocycles. The quantitative estimate of drug-likeness (QED) is 0.810. The third-order valence-electron chi connectivity index (χ3n) is 6.14. The molecule has 0 saturated heterocycles. The number of hydrogen-bond acceptors (Lipinski definition) is 3. The number of aliphatic carboxylic acids is 1. The van der Waals surface area contributed by atoms with Gasteiger partial charge in [0, 0.05) is 18.0 Å². The summed E-state index contributed by atoms with van der Waals surface area (Å²) in [5.41, 5.74) is 0. The van der Waals surface area contributed by atoms with Crippen molar-refractivity contribution >= 4 is 12.0 Å². The molecule has 142 valence electrons. The normalized spacial score (nSPS) is 30.7. The van der Waals surface area contributed by atoms with Crippen molar-refractivity contribution in [2.45, 2.75) is 76.4 Å². The highest BCUT2D eigenvalue weighted by Gasteiger charge is 2.38. The van der Waals surface area contributed by atoms with E-state index in [1.165, 1.54) is 6.42 Å². The summed E-state index contributed by atoms with van der Waals surface area (Å²) in [5.74, 6) is 2.20. The molecular weight excluding hydrogens is 332 g/mol. The summed E-state index contributed by atoms with van der Waals surface area (Å²) in [6.07, 6.45) is 6.06. The smallest absolute Gasteiger partial charge is 0.318 e. The average molecular weight is 360 g/mol. The molecule has 2 amide bonds. The van der Waals surface area contributed by atoms with Gasteiger partial charge in [-0.3, -0.25) is 4.79 Å². The zero-order valence-electron chi connectivity index (χ0n) is 15.3. The van der Waals surface area contributed by atoms with Crippen LogP contribution in [-0.4, -0.2) is 34.1 Å². The molecule has 6 nitrogen and oxygen atoms in total. The molecule has 3 aliphatic rings. The predicted molar refractivity (Wildman–Crippen MR) is 95.7 cm³/mol. The molecule has 0 radical (unpaired) electrons. The molecule has 0 bridgehead atoms. The van der Waals surface area contributed by atoms with Gasteiger partial charge < -0.3 is 19.7 Å². The van der Waals surface area contributed by atoms with Gasteiger partial charge in [0.15, 0.2) is 0 Å². The molecule has 4 rings (SSSR count). The Morgan fingerprint density at radius 2 is 1.88 bits per heavy atom. The standard InChI is InChI=1S/C20H28N2O4/c1-12-10-17(12)18-9-8-16(26-18)11-22(15-6-7-15)20(25)21-14-4-2-13(3-5-14)19(23)24/h8-9,12-15,17H,2-7,10-11H2,1H3,(H,21,25)(H,23,24). The van der Waals surface area contributed by atoms with E-state index in [0.29, 0.717) is 37.3 Å². The van der Waals surface area contributed by atoms with Gasteiger partial charge in [-0.2, -0.15) is 0 Å². The summed E-state index contributed by atoms with van der Waals surface area (Å²) >= 11 is 0. The number of hydrogen-bond donors (Lipinski definition) is 2. The molecule has 2 N–H and O–H groups in total. The minimum absolute atomic E-state index is 0.0379. The SMILES string of the molecule is CC1CC1c1ccc(CN(C(=O)NC2CCC(C(=O)O)CC2)C2CC2)o1. The largest absolute Gasteiger partial charge is 0.481 e. The summed E-state index contributed by atoms with van der Waals surface area (Å²) < 4.78 is 5.98. The number of carboxylic acid groups (broad SMARTS) is 1. The number of amides is 2. The fraction of sp³-hybridized carbons (Fsp3) is 0.700. The molecule has 3 saturated carbocycles. The van der Waals surface area contributed by atoms with Crippen LogP contribution >= 0.6 is 0 Å². The van der Waals surface area contributed by atoms with E-state index in [0.717, 1.165) is 37.2 Å². The van der Waals surface area contributed by atoms with E-state index in [-0.39, 0.29) is 18.0 Å². The summed E-state index contributed by atoms with van der Waals surface area (Å²) in [6, 6.07) is 4.41. The Morgan fingerprint density at radius 1 is 1.19 bits per heavy atom. The van der Waals surface area contributed by atoms with Gasteiger partial charge in [-0.15, -0.1) is 0 Å². The number of carboxylic acids is 1. The lowest BCUT2D eigenvalue weighted by molar-refractivity contribution is -0.142. The second-order valence-electron chi connectivity index (χ2n) is 8.32. The first-order valence-electron chi connectivity index (χ1n) is 9.90. The maximum absolute atomic E-state index is 12.8. The Labute approximate surface area is 153 Å². The molecule has 1 aromatic rings. The number of carbonyl (C=O) groups is 2. The summed E-state index contributed by atoms with van der Waals surface area (Å²) in [7, 11) is 0. The van der Waals surface area contributed by atoms with Gasteiger partial charge in [0.05, 0.1) is 12.5 Å². The summed E-state index contributed by atoms with van der Waals surface area (Å²) in [5, 5.41) is 12.2. The van der Waals surface area contributed by atoms with Crippen LogP contribution in [0.5, 0.6) is 0 Å². The maximum atomic E-state index is 12.8. The van der Waals surface area contributed by atoms with Gasteiger partial charge in [-0.1, -0.05) is 6.92 Å². The van der Waals surface area contributed by atoms with Crippen molar-refractivity contribution in [1.29, 1.82) is 0 Å². The molecular formula is C20H28N2O4. The first kappa shape index (κ1) is 17.4. The predicted octanol–water partition coefficient (Wildman–Crippen LogP) is 3.72. The molecule has 0 spiro atoms. The summed E-state index contributed by atoms with van der Waals surface area (Å²) in [4.78, 5) is 25.7. The lowest BCUT2D eigenvalue weighted by Crippen LogP contribution is -2.46. The van der Waals surface area contributed by atoms with E-state index in [4.69, 9.17) is 9.52 Å². The van der Waals surface area contributed by atoms with E-state index in [9.17, 15) is 9.59 Å². The van der Waals surface area contributed by atoms with Crippen molar-refractivity contribution in [2.24, 2.45) is 11.8 Å². The highest BCUT2D eigenvalue weighted by Crippen LogP contribution is 2.47. The van der Waals surface area contributed by atoms with Crippen LogP contribution in [0.3, 0.4) is 0 Å². The van der Waals surface area contributed by atoms with E-state index in [1.807, 2.05) is 11.0 Å². The van der Waals surface area contributed by atoms with Crippen LogP contribution in [0.2, 0.25) is 0 Å². The Bertz CT molecular complexity index is 673. The van der Waals surface area contributed by atoms with Crippen molar-refractivity contribution in [2.75, 3.05) is 0 Å². The second-order valence-corrected chi connectivity index (χ2v) is 8.32. The van der Waals surface area contributed by atoms with Gasteiger partial charge >= 0.3 is 12.0 Å². The monoisotopic (exact) mass is 360 g/mol. The van der Waals surface area contributed by atoms with Crippen molar-refractivity contribution in [1.82, 2.24) is 10.2 Å². The van der Waals surface area contributed by atoms with Crippen molar-refractivity contribution in [3.8, 4) is 0 Å². The van der Waals surface area contributed by atoms with Crippen LogP contribution in [0.4, 0.5) is 4.79 Å². The Morgan fingerprint density at radius 3 is 2.46 bits per heavy atom. The molecule has 26 heavy (non-hydrogen) atoms. The van der Waals surface area contributed by atoms with Crippen molar-refractivity contribution in [3.05, 3.63) is 23.7 Å². The fourth-order valence-corrected chi connectivity index (χ4v) is 4.06. The molecule has 1 aromatic heterocycles. The van der Waals surface area contributed by atoms with E-state index < -0.39 is 5.97 Å². The van der Waals surface area contributed by atoms with Gasteiger partial charge in [-0.25, -0.2) is 4.79 Å². The van der Waals surface area contributed by atoms with E-state index >= 15 is 0 Å². The van der Waals surface area contributed by atoms with Crippen molar-refractivity contribution < 1.29 is 19.1 Å². The van der Waals surface area contributed by atoms with Gasteiger partial charge in [0.1, 0.15) is 11.5 Å². The Hall–Kier alpha value is -1.98. The van der Waals surface area contributed by atoms with Crippen LogP contribution in [0.25, 0.3) is 0 Å². The second kappa shape index (κ2) is 6.97. The molecule has 6 heteroatoms. The molecule has 2 unspecified atom stereocenters. The minimum Gasteiger partial charge on any atom is -0.481 e. The molecule has 1 heterocycles. The van der Waals surface area contributed by atoms with Crippen LogP contribution in [0.1, 0.15) is 69.3 Å². The Balaban J connectivity index is 1.32. The van der Waals surface area contributed by atoms with Crippen LogP contribution in [0, 0.1) is 11.8 Å². The minimum atomic E-state index is -0.715. The van der Waals surface area contributed by atoms with Gasteiger partial charge in [0.25, 0.3) is 0 Å². The highest BCUT2D eigenvalue weighted by molar-refractivity contribution is 5.75. The van der Waals surface area contributed by atoms with Crippen LogP contribution in [-0.2, 0) is 11.3 Å². The van der Waals surface area contributed by atoms with Crippen LogP contribution < -0.4 is 5.32 Å². The number of nitrogens with zero attached hydrogens (tertiary/aromatic N) is 1. The fourth-order valence-electron chi connectivity index (χ4n) is 4.06.